The fourth-order valence-electron chi connectivity index (χ4n) is 7.76. The van der Waals surface area contributed by atoms with E-state index in [2.05, 4.69) is 59.4 Å². The highest BCUT2D eigenvalue weighted by Gasteiger charge is 2.52. The van der Waals surface area contributed by atoms with Crippen molar-refractivity contribution in [3.05, 3.63) is 36.0 Å². The van der Waals surface area contributed by atoms with Gasteiger partial charge in [0, 0.05) is 0 Å². The van der Waals surface area contributed by atoms with Gasteiger partial charge in [0.2, 0.25) is 0 Å². The van der Waals surface area contributed by atoms with Crippen molar-refractivity contribution in [2.75, 3.05) is 0 Å². The van der Waals surface area contributed by atoms with Crippen LogP contribution in [-0.2, 0) is 0 Å². The molecule has 0 N–H and O–H groups in total. The molecule has 180 valence electrons. The minimum Gasteiger partial charge on any atom is -0.0999 e. The van der Waals surface area contributed by atoms with Gasteiger partial charge in [-0.3, -0.25) is 0 Å². The van der Waals surface area contributed by atoms with Crippen molar-refractivity contribution in [3.8, 4) is 0 Å². The van der Waals surface area contributed by atoms with E-state index in [-0.39, 0.29) is 0 Å². The van der Waals surface area contributed by atoms with Gasteiger partial charge in [0.15, 0.2) is 0 Å². The lowest BCUT2D eigenvalue weighted by molar-refractivity contribution is -0.0679. The molecule has 8 atom stereocenters. The van der Waals surface area contributed by atoms with Crippen molar-refractivity contribution < 1.29 is 0 Å². The molecule has 0 saturated heterocycles. The number of allylic oxidation sites excluding steroid dienone is 5. The number of rotatable bonds is 5. The quantitative estimate of drug-likeness (QED) is 0.302. The molecule has 0 radical (unpaired) electrons. The zero-order valence-corrected chi connectivity index (χ0v) is 22.7. The summed E-state index contributed by atoms with van der Waals surface area (Å²) in [7, 11) is 0. The van der Waals surface area contributed by atoms with Crippen molar-refractivity contribution in [1.29, 1.82) is 0 Å². The second kappa shape index (κ2) is 14.4. The summed E-state index contributed by atoms with van der Waals surface area (Å²) in [4.78, 5) is 0. The van der Waals surface area contributed by atoms with Crippen molar-refractivity contribution >= 4 is 0 Å². The van der Waals surface area contributed by atoms with Crippen LogP contribution in [0, 0.1) is 47.3 Å². The summed E-state index contributed by atoms with van der Waals surface area (Å²) in [5.41, 5.74) is 3.13. The predicted octanol–water partition coefficient (Wildman–Crippen LogP) is 10.3. The van der Waals surface area contributed by atoms with Gasteiger partial charge in [0.05, 0.1) is 0 Å². The Morgan fingerprint density at radius 1 is 0.774 bits per heavy atom. The highest BCUT2D eigenvalue weighted by Crippen LogP contribution is 2.60. The molecule has 0 amide bonds. The van der Waals surface area contributed by atoms with Gasteiger partial charge in [0.1, 0.15) is 0 Å². The maximum absolute atomic E-state index is 4.45. The molecule has 0 nitrogen and oxygen atoms in total. The van der Waals surface area contributed by atoms with E-state index in [1.807, 2.05) is 27.7 Å². The molecule has 3 rings (SSSR count). The van der Waals surface area contributed by atoms with E-state index >= 15 is 0 Å². The van der Waals surface area contributed by atoms with Gasteiger partial charge in [-0.1, -0.05) is 103 Å². The van der Waals surface area contributed by atoms with Crippen LogP contribution in [0.5, 0.6) is 0 Å². The summed E-state index contributed by atoms with van der Waals surface area (Å²) in [6.45, 7) is 24.2. The molecule has 3 fully saturated rings. The van der Waals surface area contributed by atoms with Crippen LogP contribution in [-0.4, -0.2) is 0 Å². The van der Waals surface area contributed by atoms with Crippen molar-refractivity contribution in [2.24, 2.45) is 47.3 Å². The normalized spacial score (nSPS) is 37.5. The van der Waals surface area contributed by atoms with Crippen LogP contribution in [0.1, 0.15) is 114 Å². The topological polar surface area (TPSA) is 0 Å². The van der Waals surface area contributed by atoms with Crippen LogP contribution in [0.4, 0.5) is 0 Å². The van der Waals surface area contributed by atoms with Crippen LogP contribution < -0.4 is 0 Å². The largest absolute Gasteiger partial charge is 0.0999 e. The molecular formula is C31H56. The minimum absolute atomic E-state index is 0.778. The molecule has 3 aliphatic rings. The first-order valence-electron chi connectivity index (χ1n) is 14.0. The highest BCUT2D eigenvalue weighted by atomic mass is 14.6. The van der Waals surface area contributed by atoms with Crippen LogP contribution in [0.3, 0.4) is 0 Å². The molecule has 0 spiro atoms. The van der Waals surface area contributed by atoms with Crippen LogP contribution in [0.2, 0.25) is 0 Å². The third kappa shape index (κ3) is 6.39. The van der Waals surface area contributed by atoms with Crippen LogP contribution in [0.15, 0.2) is 36.0 Å². The van der Waals surface area contributed by atoms with Gasteiger partial charge in [-0.15, -0.1) is 0 Å². The Kier molecular flexibility index (Phi) is 13.1. The molecule has 0 aromatic heterocycles. The fourth-order valence-corrected chi connectivity index (χ4v) is 7.76. The van der Waals surface area contributed by atoms with E-state index < -0.39 is 0 Å². The SMILES string of the molecule is C=C(C)C1CC2C3CCCCC3C(/C(C)=C/C=C\C)CC2C(CC)C1CC.CC.CC. The lowest BCUT2D eigenvalue weighted by atomic mass is 9.47. The average molecular weight is 429 g/mol. The molecular weight excluding hydrogens is 372 g/mol. The molecule has 0 heterocycles. The lowest BCUT2D eigenvalue weighted by Gasteiger charge is -2.58. The van der Waals surface area contributed by atoms with E-state index in [0.29, 0.717) is 0 Å². The number of hydrogen-bond donors (Lipinski definition) is 0. The van der Waals surface area contributed by atoms with E-state index in [4.69, 9.17) is 0 Å². The third-order valence-corrected chi connectivity index (χ3v) is 8.87. The lowest BCUT2D eigenvalue weighted by Crippen LogP contribution is -2.50. The molecule has 3 aliphatic carbocycles. The predicted molar refractivity (Wildman–Crippen MR) is 142 cm³/mol. The van der Waals surface area contributed by atoms with Crippen LogP contribution >= 0.6 is 0 Å². The van der Waals surface area contributed by atoms with Gasteiger partial charge >= 0.3 is 0 Å². The average Bonchev–Trinajstić information content (AvgIpc) is 2.82. The smallest absolute Gasteiger partial charge is 0.0169 e. The Bertz CT molecular complexity index is 565. The Balaban J connectivity index is 0.00000113. The second-order valence-electron chi connectivity index (χ2n) is 10.1. The Labute approximate surface area is 197 Å². The van der Waals surface area contributed by atoms with Gasteiger partial charge in [-0.05, 0) is 93.8 Å². The molecule has 0 heteroatoms. The molecule has 0 aliphatic heterocycles. The van der Waals surface area contributed by atoms with Crippen molar-refractivity contribution in [1.82, 2.24) is 0 Å². The zero-order valence-electron chi connectivity index (χ0n) is 22.7. The van der Waals surface area contributed by atoms with Gasteiger partial charge in [-0.25, -0.2) is 0 Å². The van der Waals surface area contributed by atoms with Crippen molar-refractivity contribution in [2.45, 2.75) is 114 Å². The summed E-state index contributed by atoms with van der Waals surface area (Å²) < 4.78 is 0. The summed E-state index contributed by atoms with van der Waals surface area (Å²) in [6.07, 6.45) is 18.4. The molecule has 31 heavy (non-hydrogen) atoms. The fraction of sp³-hybridized carbons (Fsp3) is 0.806. The number of fused-ring (bicyclic) bond motifs is 3. The standard InChI is InChI=1S/C27H44.2C2H6/c1-7-10-13-19(6)25-17-26-21(9-3)20(8-2)24(18(4)5)16-27(26)23-15-12-11-14-22(23)25;2*1-2/h7,10,13,20-27H,4,8-9,11-12,14-17H2,1-3,5-6H3;2*1-2H3/b10-7-,19-13+;;. The third-order valence-electron chi connectivity index (χ3n) is 8.87. The molecule has 8 unspecified atom stereocenters. The van der Waals surface area contributed by atoms with E-state index in [1.165, 1.54) is 56.9 Å². The number of hydrogen-bond acceptors (Lipinski definition) is 0. The summed E-state index contributed by atoms with van der Waals surface area (Å²) in [6, 6.07) is 0. The van der Waals surface area contributed by atoms with Crippen molar-refractivity contribution in [3.63, 3.8) is 0 Å². The first-order valence-corrected chi connectivity index (χ1v) is 14.0. The Morgan fingerprint density at radius 2 is 1.32 bits per heavy atom. The summed E-state index contributed by atoms with van der Waals surface area (Å²) in [5.74, 6) is 7.24. The Hall–Kier alpha value is -0.780. The molecule has 0 aromatic rings. The maximum atomic E-state index is 4.45. The summed E-state index contributed by atoms with van der Waals surface area (Å²) >= 11 is 0. The molecule has 3 saturated carbocycles. The summed E-state index contributed by atoms with van der Waals surface area (Å²) in [5, 5.41) is 0. The van der Waals surface area contributed by atoms with Gasteiger partial charge < -0.3 is 0 Å². The second-order valence-corrected chi connectivity index (χ2v) is 10.1. The minimum atomic E-state index is 0.778. The van der Waals surface area contributed by atoms with Crippen LogP contribution in [0.25, 0.3) is 0 Å². The van der Waals surface area contributed by atoms with E-state index in [0.717, 1.165) is 47.3 Å². The van der Waals surface area contributed by atoms with Gasteiger partial charge in [0.25, 0.3) is 0 Å². The first kappa shape index (κ1) is 28.3. The van der Waals surface area contributed by atoms with Gasteiger partial charge in [-0.2, -0.15) is 0 Å². The van der Waals surface area contributed by atoms with E-state index in [1.54, 1.807) is 5.57 Å². The maximum Gasteiger partial charge on any atom is -0.0169 e. The first-order chi connectivity index (χ1) is 15.0. The Morgan fingerprint density at radius 3 is 1.84 bits per heavy atom. The molecule has 0 aromatic carbocycles. The molecule has 0 bridgehead atoms. The monoisotopic (exact) mass is 428 g/mol. The highest BCUT2D eigenvalue weighted by molar-refractivity contribution is 5.18. The van der Waals surface area contributed by atoms with E-state index in [9.17, 15) is 0 Å². The zero-order chi connectivity index (χ0) is 23.6.